The third-order valence-corrected chi connectivity index (χ3v) is 4.00. The van der Waals surface area contributed by atoms with E-state index in [4.69, 9.17) is 17.3 Å². The van der Waals surface area contributed by atoms with Gasteiger partial charge in [-0.05, 0) is 49.3 Å². The molecule has 3 nitrogen and oxygen atoms in total. The quantitative estimate of drug-likeness (QED) is 0.884. The van der Waals surface area contributed by atoms with E-state index >= 15 is 0 Å². The van der Waals surface area contributed by atoms with Gasteiger partial charge in [0, 0.05) is 5.02 Å². The maximum atomic E-state index is 11.7. The van der Waals surface area contributed by atoms with E-state index in [0.29, 0.717) is 5.02 Å². The SMILES string of the molecule is NC(=O)C(c1ccc(Cl)cc1)C1CCC(O)CC1. The molecule has 0 aliphatic heterocycles. The fourth-order valence-electron chi connectivity index (χ4n) is 2.77. The molecule has 2 rings (SSSR count). The van der Waals surface area contributed by atoms with Crippen molar-refractivity contribution in [1.29, 1.82) is 0 Å². The summed E-state index contributed by atoms with van der Waals surface area (Å²) in [5.41, 5.74) is 6.46. The lowest BCUT2D eigenvalue weighted by Crippen LogP contribution is -2.31. The summed E-state index contributed by atoms with van der Waals surface area (Å²) in [4.78, 5) is 11.7. The van der Waals surface area contributed by atoms with Gasteiger partial charge in [-0.25, -0.2) is 0 Å². The molecule has 1 fully saturated rings. The third-order valence-electron chi connectivity index (χ3n) is 3.75. The summed E-state index contributed by atoms with van der Waals surface area (Å²) in [5, 5.41) is 10.2. The molecule has 18 heavy (non-hydrogen) atoms. The second-order valence-electron chi connectivity index (χ2n) is 5.00. The van der Waals surface area contributed by atoms with Gasteiger partial charge < -0.3 is 10.8 Å². The van der Waals surface area contributed by atoms with Crippen LogP contribution in [0.15, 0.2) is 24.3 Å². The first-order valence-corrected chi connectivity index (χ1v) is 6.68. The van der Waals surface area contributed by atoms with Crippen LogP contribution in [0.5, 0.6) is 0 Å². The molecular formula is C14H18ClNO2. The molecule has 1 atom stereocenters. The van der Waals surface area contributed by atoms with Gasteiger partial charge in [0.25, 0.3) is 0 Å². The zero-order chi connectivity index (χ0) is 13.1. The third kappa shape index (κ3) is 3.03. The fraction of sp³-hybridized carbons (Fsp3) is 0.500. The van der Waals surface area contributed by atoms with Crippen LogP contribution in [0.25, 0.3) is 0 Å². The van der Waals surface area contributed by atoms with Gasteiger partial charge in [-0.3, -0.25) is 4.79 Å². The highest BCUT2D eigenvalue weighted by atomic mass is 35.5. The Kier molecular flexibility index (Phi) is 4.25. The number of hydrogen-bond donors (Lipinski definition) is 2. The van der Waals surface area contributed by atoms with Gasteiger partial charge in [-0.15, -0.1) is 0 Å². The van der Waals surface area contributed by atoms with Crippen LogP contribution in [0.4, 0.5) is 0 Å². The van der Waals surface area contributed by atoms with Crippen molar-refractivity contribution in [1.82, 2.24) is 0 Å². The fourth-order valence-corrected chi connectivity index (χ4v) is 2.90. The Hall–Kier alpha value is -1.06. The van der Waals surface area contributed by atoms with Crippen LogP contribution >= 0.6 is 11.6 Å². The number of amides is 1. The average molecular weight is 268 g/mol. The van der Waals surface area contributed by atoms with Crippen LogP contribution < -0.4 is 5.73 Å². The van der Waals surface area contributed by atoms with E-state index in [-0.39, 0.29) is 23.8 Å². The molecule has 0 saturated heterocycles. The summed E-state index contributed by atoms with van der Waals surface area (Å²) < 4.78 is 0. The number of aliphatic hydroxyl groups excluding tert-OH is 1. The summed E-state index contributed by atoms with van der Waals surface area (Å²) in [7, 11) is 0. The number of rotatable bonds is 3. The lowest BCUT2D eigenvalue weighted by Gasteiger charge is -2.30. The first kappa shape index (κ1) is 13.4. The predicted molar refractivity (Wildman–Crippen MR) is 71.4 cm³/mol. The van der Waals surface area contributed by atoms with Crippen LogP contribution in [0.2, 0.25) is 5.02 Å². The Morgan fingerprint density at radius 3 is 2.28 bits per heavy atom. The Morgan fingerprint density at radius 2 is 1.78 bits per heavy atom. The molecule has 1 amide bonds. The maximum absolute atomic E-state index is 11.7. The van der Waals surface area contributed by atoms with E-state index in [9.17, 15) is 9.90 Å². The van der Waals surface area contributed by atoms with Gasteiger partial charge in [-0.1, -0.05) is 23.7 Å². The molecule has 1 aromatic carbocycles. The van der Waals surface area contributed by atoms with Crippen molar-refractivity contribution in [2.24, 2.45) is 11.7 Å². The second-order valence-corrected chi connectivity index (χ2v) is 5.44. The topological polar surface area (TPSA) is 63.3 Å². The van der Waals surface area contributed by atoms with Gasteiger partial charge in [0.1, 0.15) is 0 Å². The standard InChI is InChI=1S/C14H18ClNO2/c15-11-5-1-9(2-6-11)13(14(16)18)10-3-7-12(17)8-4-10/h1-2,5-6,10,12-13,17H,3-4,7-8H2,(H2,16,18). The van der Waals surface area contributed by atoms with Crippen LogP contribution in [-0.2, 0) is 4.79 Å². The molecule has 0 bridgehead atoms. The minimum Gasteiger partial charge on any atom is -0.393 e. The summed E-state index contributed by atoms with van der Waals surface area (Å²) in [6.45, 7) is 0. The lowest BCUT2D eigenvalue weighted by atomic mass is 9.75. The largest absolute Gasteiger partial charge is 0.393 e. The number of nitrogens with two attached hydrogens (primary N) is 1. The van der Waals surface area contributed by atoms with Gasteiger partial charge in [0.15, 0.2) is 0 Å². The van der Waals surface area contributed by atoms with E-state index in [1.165, 1.54) is 0 Å². The molecule has 1 saturated carbocycles. The first-order valence-electron chi connectivity index (χ1n) is 6.31. The highest BCUT2D eigenvalue weighted by Crippen LogP contribution is 2.36. The summed E-state index contributed by atoms with van der Waals surface area (Å²) >= 11 is 5.85. The van der Waals surface area contributed by atoms with Crippen molar-refractivity contribution in [3.8, 4) is 0 Å². The van der Waals surface area contributed by atoms with Gasteiger partial charge in [0.05, 0.1) is 12.0 Å². The number of carbonyl (C=O) groups is 1. The summed E-state index contributed by atoms with van der Waals surface area (Å²) in [5.74, 6) is -0.333. The number of aliphatic hydroxyl groups is 1. The molecule has 1 aromatic rings. The van der Waals surface area contributed by atoms with Crippen LogP contribution in [-0.4, -0.2) is 17.1 Å². The zero-order valence-corrected chi connectivity index (χ0v) is 10.9. The Morgan fingerprint density at radius 1 is 1.22 bits per heavy atom. The van der Waals surface area contributed by atoms with Gasteiger partial charge in [-0.2, -0.15) is 0 Å². The number of benzene rings is 1. The van der Waals surface area contributed by atoms with Gasteiger partial charge in [0.2, 0.25) is 5.91 Å². The Balaban J connectivity index is 2.18. The van der Waals surface area contributed by atoms with Crippen LogP contribution in [0, 0.1) is 5.92 Å². The normalized spacial score (nSPS) is 25.7. The molecule has 4 heteroatoms. The smallest absolute Gasteiger partial charge is 0.225 e. The summed E-state index contributed by atoms with van der Waals surface area (Å²) in [6.07, 6.45) is 2.97. The Labute approximate surface area is 112 Å². The van der Waals surface area contributed by atoms with Crippen molar-refractivity contribution in [2.45, 2.75) is 37.7 Å². The maximum Gasteiger partial charge on any atom is 0.225 e. The molecule has 0 radical (unpaired) electrons. The van der Waals surface area contributed by atoms with E-state index < -0.39 is 0 Å². The van der Waals surface area contributed by atoms with E-state index in [0.717, 1.165) is 31.2 Å². The van der Waals surface area contributed by atoms with Crippen molar-refractivity contribution in [3.05, 3.63) is 34.9 Å². The van der Waals surface area contributed by atoms with Crippen molar-refractivity contribution in [3.63, 3.8) is 0 Å². The molecule has 1 unspecified atom stereocenters. The van der Waals surface area contributed by atoms with Crippen molar-refractivity contribution < 1.29 is 9.90 Å². The molecule has 0 aromatic heterocycles. The monoisotopic (exact) mass is 267 g/mol. The van der Waals surface area contributed by atoms with Crippen LogP contribution in [0.3, 0.4) is 0 Å². The molecule has 0 heterocycles. The number of carbonyl (C=O) groups excluding carboxylic acids is 1. The molecule has 1 aliphatic carbocycles. The highest BCUT2D eigenvalue weighted by Gasteiger charge is 2.31. The van der Waals surface area contributed by atoms with E-state index in [2.05, 4.69) is 0 Å². The van der Waals surface area contributed by atoms with E-state index in [1.54, 1.807) is 12.1 Å². The van der Waals surface area contributed by atoms with Gasteiger partial charge >= 0.3 is 0 Å². The Bertz CT molecular complexity index is 410. The predicted octanol–water partition coefficient (Wildman–Crippen LogP) is 2.46. The van der Waals surface area contributed by atoms with Crippen molar-refractivity contribution in [2.75, 3.05) is 0 Å². The number of halogens is 1. The van der Waals surface area contributed by atoms with E-state index in [1.807, 2.05) is 12.1 Å². The molecule has 3 N–H and O–H groups in total. The minimum atomic E-state index is -0.293. The molecule has 0 spiro atoms. The average Bonchev–Trinajstić information content (AvgIpc) is 2.34. The molecular weight excluding hydrogens is 250 g/mol. The molecule has 98 valence electrons. The van der Waals surface area contributed by atoms with Crippen molar-refractivity contribution >= 4 is 17.5 Å². The number of primary amides is 1. The first-order chi connectivity index (χ1) is 8.58. The minimum absolute atomic E-state index is 0.222. The summed E-state index contributed by atoms with van der Waals surface area (Å²) in [6, 6.07) is 7.29. The highest BCUT2D eigenvalue weighted by molar-refractivity contribution is 6.30. The van der Waals surface area contributed by atoms with Crippen LogP contribution in [0.1, 0.15) is 37.2 Å². The lowest BCUT2D eigenvalue weighted by molar-refractivity contribution is -0.121. The number of hydrogen-bond acceptors (Lipinski definition) is 2. The second kappa shape index (κ2) is 5.72. The molecule has 1 aliphatic rings. The zero-order valence-electron chi connectivity index (χ0n) is 10.2.